The van der Waals surface area contributed by atoms with Crippen molar-refractivity contribution in [2.75, 3.05) is 18.4 Å². The molecular formula is C15H24FN3O. The topological polar surface area (TPSA) is 54.0 Å². The van der Waals surface area contributed by atoms with Crippen LogP contribution in [0, 0.1) is 17.2 Å². The summed E-state index contributed by atoms with van der Waals surface area (Å²) >= 11 is 0. The minimum Gasteiger partial charge on any atom is -0.368 e. The van der Waals surface area contributed by atoms with Crippen molar-refractivity contribution in [1.29, 1.82) is 0 Å². The molecule has 1 aromatic heterocycles. The molecule has 20 heavy (non-hydrogen) atoms. The van der Waals surface area contributed by atoms with E-state index in [-0.39, 0.29) is 16.8 Å². The van der Waals surface area contributed by atoms with Gasteiger partial charge in [-0.25, -0.2) is 9.37 Å². The minimum atomic E-state index is -0.603. The molecule has 0 aromatic carbocycles. The minimum absolute atomic E-state index is 0.0236. The lowest BCUT2D eigenvalue weighted by molar-refractivity contribution is 0.0920. The molecule has 5 heteroatoms. The van der Waals surface area contributed by atoms with Gasteiger partial charge in [0.15, 0.2) is 11.6 Å². The summed E-state index contributed by atoms with van der Waals surface area (Å²) in [6.45, 7) is 11.2. The highest BCUT2D eigenvalue weighted by Crippen LogP contribution is 2.25. The molecule has 1 heterocycles. The van der Waals surface area contributed by atoms with Gasteiger partial charge in [-0.3, -0.25) is 4.79 Å². The van der Waals surface area contributed by atoms with Crippen LogP contribution in [0.3, 0.4) is 0 Å². The molecule has 0 aliphatic heterocycles. The summed E-state index contributed by atoms with van der Waals surface area (Å²) in [6, 6.07) is 1.40. The molecule has 0 atom stereocenters. The van der Waals surface area contributed by atoms with Crippen LogP contribution in [0.1, 0.15) is 45.0 Å². The molecule has 2 N–H and O–H groups in total. The number of carbonyl (C=O) groups excluding carboxylic acids is 1. The Kier molecular flexibility index (Phi) is 5.48. The number of carbonyl (C=O) groups is 1. The molecule has 0 spiro atoms. The van der Waals surface area contributed by atoms with Crippen molar-refractivity contribution < 1.29 is 9.18 Å². The highest BCUT2D eigenvalue weighted by molar-refractivity contribution is 5.95. The Hall–Kier alpha value is -1.65. The van der Waals surface area contributed by atoms with Gasteiger partial charge >= 0.3 is 0 Å². The normalized spacial score (nSPS) is 11.6. The predicted molar refractivity (Wildman–Crippen MR) is 79.3 cm³/mol. The van der Waals surface area contributed by atoms with Crippen LogP contribution >= 0.6 is 0 Å². The zero-order chi connectivity index (χ0) is 15.3. The number of anilines is 1. The third-order valence-corrected chi connectivity index (χ3v) is 3.75. The van der Waals surface area contributed by atoms with Gasteiger partial charge in [0.25, 0.3) is 5.91 Å². The molecule has 0 unspecified atom stereocenters. The van der Waals surface area contributed by atoms with Gasteiger partial charge in [-0.15, -0.1) is 0 Å². The molecule has 1 amide bonds. The Morgan fingerprint density at radius 1 is 1.45 bits per heavy atom. The molecular weight excluding hydrogens is 257 g/mol. The van der Waals surface area contributed by atoms with Crippen LogP contribution < -0.4 is 10.6 Å². The molecule has 1 rings (SSSR count). The SMILES string of the molecule is CCNc1nccc(C(=O)NCC(C)(C)C(C)C)c1F. The monoisotopic (exact) mass is 281 g/mol. The van der Waals surface area contributed by atoms with E-state index in [1.54, 1.807) is 0 Å². The van der Waals surface area contributed by atoms with E-state index in [0.29, 0.717) is 19.0 Å². The number of rotatable bonds is 6. The van der Waals surface area contributed by atoms with Gasteiger partial charge in [-0.05, 0) is 24.3 Å². The van der Waals surface area contributed by atoms with Crippen LogP contribution in [-0.2, 0) is 0 Å². The third kappa shape index (κ3) is 3.92. The Morgan fingerprint density at radius 2 is 2.10 bits per heavy atom. The van der Waals surface area contributed by atoms with Crippen molar-refractivity contribution in [3.63, 3.8) is 0 Å². The maximum absolute atomic E-state index is 14.1. The van der Waals surface area contributed by atoms with Crippen molar-refractivity contribution in [3.8, 4) is 0 Å². The number of nitrogens with zero attached hydrogens (tertiary/aromatic N) is 1. The molecule has 1 aromatic rings. The number of aromatic nitrogens is 1. The van der Waals surface area contributed by atoms with E-state index in [9.17, 15) is 9.18 Å². The van der Waals surface area contributed by atoms with Crippen LogP contribution in [0.5, 0.6) is 0 Å². The fourth-order valence-electron chi connectivity index (χ4n) is 1.52. The summed E-state index contributed by atoms with van der Waals surface area (Å²) in [7, 11) is 0. The third-order valence-electron chi connectivity index (χ3n) is 3.75. The first-order valence-electron chi connectivity index (χ1n) is 6.96. The van der Waals surface area contributed by atoms with Crippen molar-refractivity contribution in [2.24, 2.45) is 11.3 Å². The number of pyridine rings is 1. The Balaban J connectivity index is 2.81. The summed E-state index contributed by atoms with van der Waals surface area (Å²) in [6.07, 6.45) is 1.43. The van der Waals surface area contributed by atoms with E-state index < -0.39 is 11.7 Å². The molecule has 0 bridgehead atoms. The fourth-order valence-corrected chi connectivity index (χ4v) is 1.52. The second-order valence-corrected chi connectivity index (χ2v) is 5.88. The van der Waals surface area contributed by atoms with Crippen molar-refractivity contribution in [3.05, 3.63) is 23.6 Å². The van der Waals surface area contributed by atoms with Crippen LogP contribution in [0.15, 0.2) is 12.3 Å². The van der Waals surface area contributed by atoms with Gasteiger partial charge in [0, 0.05) is 19.3 Å². The molecule has 0 saturated carbocycles. The quantitative estimate of drug-likeness (QED) is 0.842. The highest BCUT2D eigenvalue weighted by atomic mass is 19.1. The van der Waals surface area contributed by atoms with Crippen LogP contribution in [-0.4, -0.2) is 24.0 Å². The lowest BCUT2D eigenvalue weighted by Crippen LogP contribution is -2.37. The van der Waals surface area contributed by atoms with E-state index in [2.05, 4.69) is 43.3 Å². The van der Waals surface area contributed by atoms with Gasteiger partial charge < -0.3 is 10.6 Å². The van der Waals surface area contributed by atoms with Gasteiger partial charge in [-0.1, -0.05) is 27.7 Å². The standard InChI is InChI=1S/C15H24FN3O/c1-6-17-13-12(16)11(7-8-18-13)14(20)19-9-15(4,5)10(2)3/h7-8,10H,6,9H2,1-5H3,(H,17,18)(H,19,20). The Bertz CT molecular complexity index is 472. The van der Waals surface area contributed by atoms with Crippen molar-refractivity contribution >= 4 is 11.7 Å². The summed E-state index contributed by atoms with van der Waals surface area (Å²) in [5.41, 5.74) is -0.0144. The second kappa shape index (κ2) is 6.68. The van der Waals surface area contributed by atoms with E-state index in [1.807, 2.05) is 6.92 Å². The maximum Gasteiger partial charge on any atom is 0.254 e. The van der Waals surface area contributed by atoms with E-state index >= 15 is 0 Å². The van der Waals surface area contributed by atoms with Gasteiger partial charge in [0.2, 0.25) is 0 Å². The molecule has 4 nitrogen and oxygen atoms in total. The number of halogens is 1. The first-order chi connectivity index (χ1) is 9.29. The van der Waals surface area contributed by atoms with E-state index in [1.165, 1.54) is 12.3 Å². The largest absolute Gasteiger partial charge is 0.368 e. The van der Waals surface area contributed by atoms with Crippen molar-refractivity contribution in [2.45, 2.75) is 34.6 Å². The van der Waals surface area contributed by atoms with Gasteiger partial charge in [0.05, 0.1) is 5.56 Å². The summed E-state index contributed by atoms with van der Waals surface area (Å²) in [5, 5.41) is 5.59. The molecule has 0 radical (unpaired) electrons. The molecule has 0 aliphatic carbocycles. The van der Waals surface area contributed by atoms with Crippen LogP contribution in [0.2, 0.25) is 0 Å². The van der Waals surface area contributed by atoms with Gasteiger partial charge in [0.1, 0.15) is 0 Å². The molecule has 112 valence electrons. The zero-order valence-electron chi connectivity index (χ0n) is 12.9. The summed E-state index contributed by atoms with van der Waals surface area (Å²) in [5.74, 6) is -0.474. The first kappa shape index (κ1) is 16.4. The van der Waals surface area contributed by atoms with E-state index in [4.69, 9.17) is 0 Å². The summed E-state index contributed by atoms with van der Waals surface area (Å²) in [4.78, 5) is 16.0. The number of hydrogen-bond donors (Lipinski definition) is 2. The lowest BCUT2D eigenvalue weighted by Gasteiger charge is -2.29. The first-order valence-corrected chi connectivity index (χ1v) is 6.96. The van der Waals surface area contributed by atoms with Crippen LogP contribution in [0.4, 0.5) is 10.2 Å². The second-order valence-electron chi connectivity index (χ2n) is 5.88. The zero-order valence-corrected chi connectivity index (χ0v) is 12.9. The number of hydrogen-bond acceptors (Lipinski definition) is 3. The predicted octanol–water partition coefficient (Wildman–Crippen LogP) is 3.06. The Labute approximate surface area is 120 Å². The molecule has 0 saturated heterocycles. The fraction of sp³-hybridized carbons (Fsp3) is 0.600. The maximum atomic E-state index is 14.1. The number of nitrogens with one attached hydrogen (secondary N) is 2. The smallest absolute Gasteiger partial charge is 0.254 e. The average Bonchev–Trinajstić information content (AvgIpc) is 2.38. The molecule has 0 fully saturated rings. The van der Waals surface area contributed by atoms with E-state index in [0.717, 1.165) is 0 Å². The highest BCUT2D eigenvalue weighted by Gasteiger charge is 2.24. The average molecular weight is 281 g/mol. The number of amides is 1. The lowest BCUT2D eigenvalue weighted by atomic mass is 9.81. The summed E-state index contributed by atoms with van der Waals surface area (Å²) < 4.78 is 14.1. The van der Waals surface area contributed by atoms with Gasteiger partial charge in [-0.2, -0.15) is 0 Å². The van der Waals surface area contributed by atoms with Crippen molar-refractivity contribution in [1.82, 2.24) is 10.3 Å². The molecule has 0 aliphatic rings. The Morgan fingerprint density at radius 3 is 2.65 bits per heavy atom. The van der Waals surface area contributed by atoms with Crippen LogP contribution in [0.25, 0.3) is 0 Å².